The molecular formula is C12H14N2O5. The summed E-state index contributed by atoms with van der Waals surface area (Å²) in [5.41, 5.74) is -0.574. The van der Waals surface area contributed by atoms with Crippen LogP contribution in [0.25, 0.3) is 0 Å². The second-order valence-electron chi connectivity index (χ2n) is 4.53. The molecule has 0 saturated heterocycles. The molecule has 1 aromatic rings. The van der Waals surface area contributed by atoms with E-state index in [1.54, 1.807) is 6.07 Å². The van der Waals surface area contributed by atoms with Crippen LogP contribution in [0.4, 0.5) is 5.69 Å². The van der Waals surface area contributed by atoms with Crippen molar-refractivity contribution in [2.45, 2.75) is 18.4 Å². The smallest absolute Gasteiger partial charge is 0.273 e. The summed E-state index contributed by atoms with van der Waals surface area (Å²) in [6, 6.07) is 5.63. The van der Waals surface area contributed by atoms with Crippen LogP contribution in [0.1, 0.15) is 12.8 Å². The minimum atomic E-state index is -0.530. The van der Waals surface area contributed by atoms with E-state index in [1.165, 1.54) is 18.2 Å². The van der Waals surface area contributed by atoms with Crippen LogP contribution in [-0.4, -0.2) is 34.7 Å². The number of carbonyl (C=O) groups excluding carboxylic acids is 1. The van der Waals surface area contributed by atoms with Crippen molar-refractivity contribution in [1.29, 1.82) is 0 Å². The Balaban J connectivity index is 1.86. The predicted octanol–water partition coefficient (Wildman–Crippen LogP) is 0.615. The van der Waals surface area contributed by atoms with Crippen molar-refractivity contribution in [3.63, 3.8) is 0 Å². The molecule has 1 aliphatic carbocycles. The van der Waals surface area contributed by atoms with Gasteiger partial charge >= 0.3 is 0 Å². The van der Waals surface area contributed by atoms with Crippen molar-refractivity contribution in [2.24, 2.45) is 0 Å². The number of aliphatic hydroxyl groups excluding tert-OH is 1. The number of hydrogen-bond acceptors (Lipinski definition) is 5. The number of nitrogens with one attached hydrogen (secondary N) is 1. The third-order valence-electron chi connectivity index (χ3n) is 2.96. The van der Waals surface area contributed by atoms with Gasteiger partial charge in [0.15, 0.2) is 6.61 Å². The molecule has 19 heavy (non-hydrogen) atoms. The predicted molar refractivity (Wildman–Crippen MR) is 65.8 cm³/mol. The Hall–Kier alpha value is -2.15. The lowest BCUT2D eigenvalue weighted by Crippen LogP contribution is -2.42. The fourth-order valence-electron chi connectivity index (χ4n) is 1.64. The molecule has 0 heterocycles. The summed E-state index contributed by atoms with van der Waals surface area (Å²) >= 11 is 0. The lowest BCUT2D eigenvalue weighted by molar-refractivity contribution is -0.384. The van der Waals surface area contributed by atoms with E-state index < -0.39 is 10.5 Å². The zero-order chi connectivity index (χ0) is 13.9. The minimum Gasteiger partial charge on any atom is -0.484 e. The Morgan fingerprint density at radius 2 is 2.26 bits per heavy atom. The van der Waals surface area contributed by atoms with Crippen LogP contribution in [0.2, 0.25) is 0 Å². The van der Waals surface area contributed by atoms with Crippen molar-refractivity contribution in [3.8, 4) is 5.75 Å². The van der Waals surface area contributed by atoms with Gasteiger partial charge in [-0.1, -0.05) is 6.07 Å². The first-order chi connectivity index (χ1) is 9.04. The first-order valence-corrected chi connectivity index (χ1v) is 5.84. The summed E-state index contributed by atoms with van der Waals surface area (Å²) in [5.74, 6) is -0.0868. The zero-order valence-corrected chi connectivity index (χ0v) is 10.2. The van der Waals surface area contributed by atoms with E-state index >= 15 is 0 Å². The number of rotatable bonds is 6. The highest BCUT2D eigenvalue weighted by Crippen LogP contribution is 2.34. The summed E-state index contributed by atoms with van der Waals surface area (Å²) in [6.07, 6.45) is 1.51. The van der Waals surface area contributed by atoms with Gasteiger partial charge in [-0.25, -0.2) is 0 Å². The third-order valence-corrected chi connectivity index (χ3v) is 2.96. The lowest BCUT2D eigenvalue weighted by atomic mass is 10.3. The number of non-ortho nitro benzene ring substituents is 1. The molecule has 0 aliphatic heterocycles. The number of aliphatic hydroxyl groups is 1. The highest BCUT2D eigenvalue weighted by molar-refractivity contribution is 5.78. The lowest BCUT2D eigenvalue weighted by Gasteiger charge is -2.14. The van der Waals surface area contributed by atoms with Crippen molar-refractivity contribution >= 4 is 11.6 Å². The Morgan fingerprint density at radius 3 is 2.84 bits per heavy atom. The molecule has 7 nitrogen and oxygen atoms in total. The summed E-state index contributed by atoms with van der Waals surface area (Å²) in [4.78, 5) is 21.6. The van der Waals surface area contributed by atoms with E-state index in [1.807, 2.05) is 0 Å². The highest BCUT2D eigenvalue weighted by atomic mass is 16.6. The number of hydrogen-bond donors (Lipinski definition) is 2. The summed E-state index contributed by atoms with van der Waals surface area (Å²) in [7, 11) is 0. The summed E-state index contributed by atoms with van der Waals surface area (Å²) in [5, 5.41) is 22.3. The molecule has 0 unspecified atom stereocenters. The average molecular weight is 266 g/mol. The maximum absolute atomic E-state index is 11.6. The molecule has 1 fully saturated rings. The van der Waals surface area contributed by atoms with E-state index in [0.717, 1.165) is 12.8 Å². The van der Waals surface area contributed by atoms with E-state index in [2.05, 4.69) is 5.32 Å². The monoisotopic (exact) mass is 266 g/mol. The fourth-order valence-corrected chi connectivity index (χ4v) is 1.64. The van der Waals surface area contributed by atoms with E-state index in [4.69, 9.17) is 9.84 Å². The van der Waals surface area contributed by atoms with Gasteiger partial charge < -0.3 is 15.2 Å². The van der Waals surface area contributed by atoms with Crippen molar-refractivity contribution in [2.75, 3.05) is 13.2 Å². The number of ether oxygens (including phenoxy) is 1. The Labute approximate surface area is 109 Å². The number of nitrogens with zero attached hydrogens (tertiary/aromatic N) is 1. The molecule has 0 atom stereocenters. The maximum atomic E-state index is 11.6. The molecule has 1 aromatic carbocycles. The molecule has 0 spiro atoms. The standard InChI is InChI=1S/C12H14N2O5/c15-8-12(4-5-12)13-11(16)7-19-10-3-1-2-9(6-10)14(17)18/h1-3,6,15H,4-5,7-8H2,(H,13,16). The summed E-state index contributed by atoms with van der Waals surface area (Å²) in [6.45, 7) is -0.321. The largest absolute Gasteiger partial charge is 0.484 e. The van der Waals surface area contributed by atoms with Crippen LogP contribution >= 0.6 is 0 Å². The van der Waals surface area contributed by atoms with Gasteiger partial charge in [0.05, 0.1) is 23.1 Å². The van der Waals surface area contributed by atoms with Crippen LogP contribution in [0.15, 0.2) is 24.3 Å². The van der Waals surface area contributed by atoms with Gasteiger partial charge in [0, 0.05) is 6.07 Å². The molecule has 7 heteroatoms. The average Bonchev–Trinajstić information content (AvgIpc) is 3.17. The number of nitro benzene ring substituents is 1. The Morgan fingerprint density at radius 1 is 1.53 bits per heavy atom. The van der Waals surface area contributed by atoms with Gasteiger partial charge in [-0.15, -0.1) is 0 Å². The van der Waals surface area contributed by atoms with Gasteiger partial charge in [0.2, 0.25) is 0 Å². The quantitative estimate of drug-likeness (QED) is 0.580. The normalized spacial score (nSPS) is 15.6. The Bertz CT molecular complexity index is 499. The summed E-state index contributed by atoms with van der Waals surface area (Å²) < 4.78 is 5.18. The molecule has 0 bridgehead atoms. The Kier molecular flexibility index (Phi) is 3.66. The molecule has 1 amide bonds. The van der Waals surface area contributed by atoms with Crippen molar-refractivity contribution in [1.82, 2.24) is 5.32 Å². The molecule has 1 saturated carbocycles. The van der Waals surface area contributed by atoms with Crippen LogP contribution < -0.4 is 10.1 Å². The second kappa shape index (κ2) is 5.23. The van der Waals surface area contributed by atoms with Gasteiger partial charge in [0.25, 0.3) is 11.6 Å². The van der Waals surface area contributed by atoms with E-state index in [0.29, 0.717) is 0 Å². The van der Waals surface area contributed by atoms with E-state index in [9.17, 15) is 14.9 Å². The zero-order valence-electron chi connectivity index (χ0n) is 10.2. The topological polar surface area (TPSA) is 102 Å². The molecule has 0 aromatic heterocycles. The number of carbonyl (C=O) groups is 1. The second-order valence-corrected chi connectivity index (χ2v) is 4.53. The minimum absolute atomic E-state index is 0.0877. The van der Waals surface area contributed by atoms with Crippen LogP contribution in [0.3, 0.4) is 0 Å². The number of nitro groups is 1. The molecular weight excluding hydrogens is 252 g/mol. The van der Waals surface area contributed by atoms with Crippen LogP contribution in [-0.2, 0) is 4.79 Å². The van der Waals surface area contributed by atoms with Gasteiger partial charge in [-0.2, -0.15) is 0 Å². The van der Waals surface area contributed by atoms with Crippen molar-refractivity contribution in [3.05, 3.63) is 34.4 Å². The third kappa shape index (κ3) is 3.41. The first kappa shape index (κ1) is 13.3. The number of benzene rings is 1. The fraction of sp³-hybridized carbons (Fsp3) is 0.417. The van der Waals surface area contributed by atoms with E-state index in [-0.39, 0.29) is 30.6 Å². The molecule has 102 valence electrons. The van der Waals surface area contributed by atoms with Gasteiger partial charge in [-0.3, -0.25) is 14.9 Å². The molecule has 0 radical (unpaired) electrons. The molecule has 1 aliphatic rings. The molecule has 2 rings (SSSR count). The van der Waals surface area contributed by atoms with Crippen LogP contribution in [0, 0.1) is 10.1 Å². The highest BCUT2D eigenvalue weighted by Gasteiger charge is 2.43. The maximum Gasteiger partial charge on any atom is 0.273 e. The van der Waals surface area contributed by atoms with Gasteiger partial charge in [0.1, 0.15) is 5.75 Å². The van der Waals surface area contributed by atoms with Crippen molar-refractivity contribution < 1.29 is 19.6 Å². The van der Waals surface area contributed by atoms with Gasteiger partial charge in [-0.05, 0) is 18.9 Å². The first-order valence-electron chi connectivity index (χ1n) is 5.84. The SMILES string of the molecule is O=C(COc1cccc([N+](=O)[O-])c1)NC1(CO)CC1. The molecule has 2 N–H and O–H groups in total. The number of amides is 1. The van der Waals surface area contributed by atoms with Crippen LogP contribution in [0.5, 0.6) is 5.75 Å².